The summed E-state index contributed by atoms with van der Waals surface area (Å²) in [6.07, 6.45) is 0.697. The molecule has 1 amide bonds. The van der Waals surface area contributed by atoms with Gasteiger partial charge in [0.15, 0.2) is 0 Å². The highest BCUT2D eigenvalue weighted by molar-refractivity contribution is 5.84. The van der Waals surface area contributed by atoms with E-state index in [9.17, 15) is 9.59 Å². The molecule has 5 heteroatoms. The number of carboxylic acids is 1. The zero-order valence-electron chi connectivity index (χ0n) is 12.8. The zero-order chi connectivity index (χ0) is 15.9. The summed E-state index contributed by atoms with van der Waals surface area (Å²) in [4.78, 5) is 24.5. The van der Waals surface area contributed by atoms with Crippen LogP contribution in [0.25, 0.3) is 0 Å². The van der Waals surface area contributed by atoms with Gasteiger partial charge in [-0.2, -0.15) is 0 Å². The highest BCUT2D eigenvalue weighted by atomic mass is 16.5. The summed E-state index contributed by atoms with van der Waals surface area (Å²) >= 11 is 0. The number of hydrogen-bond acceptors (Lipinski definition) is 3. The maximum atomic E-state index is 11.9. The molecule has 1 rings (SSSR count). The average Bonchev–Trinajstić information content (AvgIpc) is 2.43. The standard InChI is InChI=1S/C16H23NO4/c1-16(2,15(19)20)12-14(18)17(3)10-7-11-21-13-8-5-4-6-9-13/h4-6,8-9H,7,10-12H2,1-3H3,(H,19,20). The van der Waals surface area contributed by atoms with Gasteiger partial charge in [-0.15, -0.1) is 0 Å². The predicted molar refractivity (Wildman–Crippen MR) is 80.2 cm³/mol. The van der Waals surface area contributed by atoms with Crippen LogP contribution < -0.4 is 4.74 Å². The van der Waals surface area contributed by atoms with Gasteiger partial charge in [-0.1, -0.05) is 18.2 Å². The molecule has 0 heterocycles. The van der Waals surface area contributed by atoms with E-state index in [0.717, 1.165) is 5.75 Å². The molecule has 21 heavy (non-hydrogen) atoms. The van der Waals surface area contributed by atoms with E-state index in [2.05, 4.69) is 0 Å². The average molecular weight is 293 g/mol. The van der Waals surface area contributed by atoms with Crippen LogP contribution in [0.4, 0.5) is 0 Å². The summed E-state index contributed by atoms with van der Waals surface area (Å²) in [5.41, 5.74) is -1.04. The number of para-hydroxylation sites is 1. The second-order valence-electron chi connectivity index (χ2n) is 5.70. The molecule has 1 N–H and O–H groups in total. The van der Waals surface area contributed by atoms with Crippen molar-refractivity contribution in [1.29, 1.82) is 0 Å². The van der Waals surface area contributed by atoms with Crippen molar-refractivity contribution in [2.45, 2.75) is 26.7 Å². The van der Waals surface area contributed by atoms with Gasteiger partial charge in [0.25, 0.3) is 0 Å². The van der Waals surface area contributed by atoms with Crippen molar-refractivity contribution >= 4 is 11.9 Å². The molecule has 116 valence electrons. The van der Waals surface area contributed by atoms with Crippen LogP contribution >= 0.6 is 0 Å². The molecule has 1 aromatic rings. The normalized spacial score (nSPS) is 11.0. The molecule has 0 saturated carbocycles. The number of carbonyl (C=O) groups excluding carboxylic acids is 1. The van der Waals surface area contributed by atoms with Crippen molar-refractivity contribution < 1.29 is 19.4 Å². The SMILES string of the molecule is CN(CCCOc1ccccc1)C(=O)CC(C)(C)C(=O)O. The highest BCUT2D eigenvalue weighted by Gasteiger charge is 2.31. The summed E-state index contributed by atoms with van der Waals surface area (Å²) in [5.74, 6) is -0.322. The van der Waals surface area contributed by atoms with Gasteiger partial charge in [0.2, 0.25) is 5.91 Å². The Balaban J connectivity index is 2.28. The molecule has 0 bridgehead atoms. The molecular formula is C16H23NO4. The summed E-state index contributed by atoms with van der Waals surface area (Å²) in [7, 11) is 1.68. The first-order valence-corrected chi connectivity index (χ1v) is 6.98. The van der Waals surface area contributed by atoms with Gasteiger partial charge in [0.1, 0.15) is 5.75 Å². The van der Waals surface area contributed by atoms with Crippen LogP contribution in [0, 0.1) is 5.41 Å². The molecule has 5 nitrogen and oxygen atoms in total. The lowest BCUT2D eigenvalue weighted by Crippen LogP contribution is -2.35. The number of carbonyl (C=O) groups is 2. The van der Waals surface area contributed by atoms with Crippen LogP contribution in [-0.2, 0) is 9.59 Å². The number of hydrogen-bond donors (Lipinski definition) is 1. The maximum absolute atomic E-state index is 11.9. The maximum Gasteiger partial charge on any atom is 0.309 e. The van der Waals surface area contributed by atoms with Crippen molar-refractivity contribution in [3.05, 3.63) is 30.3 Å². The molecule has 0 aromatic heterocycles. The van der Waals surface area contributed by atoms with Gasteiger partial charge in [-0.25, -0.2) is 0 Å². The van der Waals surface area contributed by atoms with Gasteiger partial charge in [0, 0.05) is 20.0 Å². The Hall–Kier alpha value is -2.04. The number of aliphatic carboxylic acids is 1. The topological polar surface area (TPSA) is 66.8 Å². The number of ether oxygens (including phenoxy) is 1. The fraction of sp³-hybridized carbons (Fsp3) is 0.500. The van der Waals surface area contributed by atoms with Gasteiger partial charge < -0.3 is 14.7 Å². The number of benzene rings is 1. The molecule has 0 spiro atoms. The van der Waals surface area contributed by atoms with Gasteiger partial charge in [-0.05, 0) is 32.4 Å². The molecule has 0 atom stereocenters. The molecule has 0 aliphatic rings. The van der Waals surface area contributed by atoms with Crippen molar-refractivity contribution in [2.75, 3.05) is 20.2 Å². The minimum absolute atomic E-state index is 0.00161. The molecule has 0 saturated heterocycles. The molecule has 0 aliphatic carbocycles. The summed E-state index contributed by atoms with van der Waals surface area (Å²) in [6.45, 7) is 4.17. The summed E-state index contributed by atoms with van der Waals surface area (Å²) in [6, 6.07) is 9.48. The van der Waals surface area contributed by atoms with E-state index in [1.165, 1.54) is 0 Å². The minimum atomic E-state index is -1.04. The monoisotopic (exact) mass is 293 g/mol. The number of nitrogens with zero attached hydrogens (tertiary/aromatic N) is 1. The Morgan fingerprint density at radius 3 is 2.43 bits per heavy atom. The van der Waals surface area contributed by atoms with Crippen LogP contribution in [0.1, 0.15) is 26.7 Å². The number of carboxylic acid groups (broad SMARTS) is 1. The van der Waals surface area contributed by atoms with E-state index in [4.69, 9.17) is 9.84 Å². The Labute approximate surface area is 125 Å². The van der Waals surface area contributed by atoms with Gasteiger partial charge in [-0.3, -0.25) is 9.59 Å². The number of rotatable bonds is 8. The Morgan fingerprint density at radius 2 is 1.86 bits per heavy atom. The Kier molecular flexibility index (Phi) is 6.21. The largest absolute Gasteiger partial charge is 0.494 e. The lowest BCUT2D eigenvalue weighted by molar-refractivity contribution is -0.151. The summed E-state index contributed by atoms with van der Waals surface area (Å²) in [5, 5.41) is 9.02. The Bertz CT molecular complexity index is 470. The predicted octanol–water partition coefficient (Wildman–Crippen LogP) is 2.41. The zero-order valence-corrected chi connectivity index (χ0v) is 12.8. The quantitative estimate of drug-likeness (QED) is 0.747. The fourth-order valence-electron chi connectivity index (χ4n) is 1.72. The van der Waals surface area contributed by atoms with E-state index in [1.807, 2.05) is 30.3 Å². The molecular weight excluding hydrogens is 270 g/mol. The molecule has 0 radical (unpaired) electrons. The summed E-state index contributed by atoms with van der Waals surface area (Å²) < 4.78 is 5.54. The van der Waals surface area contributed by atoms with E-state index >= 15 is 0 Å². The van der Waals surface area contributed by atoms with Crippen molar-refractivity contribution in [1.82, 2.24) is 4.90 Å². The van der Waals surface area contributed by atoms with E-state index in [0.29, 0.717) is 19.6 Å². The second-order valence-corrected chi connectivity index (χ2v) is 5.70. The lowest BCUT2D eigenvalue weighted by atomic mass is 9.89. The third-order valence-electron chi connectivity index (χ3n) is 3.25. The molecule has 0 aliphatic heterocycles. The second kappa shape index (κ2) is 7.67. The van der Waals surface area contributed by atoms with E-state index in [1.54, 1.807) is 25.8 Å². The van der Waals surface area contributed by atoms with E-state index < -0.39 is 11.4 Å². The smallest absolute Gasteiger partial charge is 0.309 e. The molecule has 1 aromatic carbocycles. The molecule has 0 unspecified atom stereocenters. The lowest BCUT2D eigenvalue weighted by Gasteiger charge is -2.23. The third kappa shape index (κ3) is 5.85. The molecule has 0 fully saturated rings. The van der Waals surface area contributed by atoms with E-state index in [-0.39, 0.29) is 12.3 Å². The van der Waals surface area contributed by atoms with Crippen LogP contribution in [-0.4, -0.2) is 42.1 Å². The van der Waals surface area contributed by atoms with Crippen LogP contribution in [0.3, 0.4) is 0 Å². The van der Waals surface area contributed by atoms with Crippen molar-refractivity contribution in [3.8, 4) is 5.75 Å². The highest BCUT2D eigenvalue weighted by Crippen LogP contribution is 2.21. The van der Waals surface area contributed by atoms with Crippen molar-refractivity contribution in [2.24, 2.45) is 5.41 Å². The van der Waals surface area contributed by atoms with Crippen LogP contribution in [0.5, 0.6) is 5.75 Å². The van der Waals surface area contributed by atoms with Crippen LogP contribution in [0.2, 0.25) is 0 Å². The number of amides is 1. The first-order chi connectivity index (χ1) is 9.83. The fourth-order valence-corrected chi connectivity index (χ4v) is 1.72. The minimum Gasteiger partial charge on any atom is -0.494 e. The van der Waals surface area contributed by atoms with Gasteiger partial charge >= 0.3 is 5.97 Å². The Morgan fingerprint density at radius 1 is 1.24 bits per heavy atom. The van der Waals surface area contributed by atoms with Crippen molar-refractivity contribution in [3.63, 3.8) is 0 Å². The first kappa shape index (κ1) is 17.0. The van der Waals surface area contributed by atoms with Gasteiger partial charge in [0.05, 0.1) is 12.0 Å². The third-order valence-corrected chi connectivity index (χ3v) is 3.25. The van der Waals surface area contributed by atoms with Crippen LogP contribution in [0.15, 0.2) is 30.3 Å². The first-order valence-electron chi connectivity index (χ1n) is 6.98.